The zero-order chi connectivity index (χ0) is 12.1. The van der Waals surface area contributed by atoms with Crippen LogP contribution >= 0.6 is 0 Å². The van der Waals surface area contributed by atoms with E-state index in [1.54, 1.807) is 41.2 Å². The lowest BCUT2D eigenvalue weighted by atomic mass is 10.1. The van der Waals surface area contributed by atoms with Gasteiger partial charge in [0.15, 0.2) is 18.7 Å². The van der Waals surface area contributed by atoms with Gasteiger partial charge in [0.25, 0.3) is 0 Å². The Morgan fingerprint density at radius 3 is 2.29 bits per heavy atom. The van der Waals surface area contributed by atoms with Crippen molar-refractivity contribution in [1.29, 1.82) is 0 Å². The molecule has 0 N–H and O–H groups in total. The van der Waals surface area contributed by atoms with Crippen LogP contribution in [0.3, 0.4) is 0 Å². The van der Waals surface area contributed by atoms with Gasteiger partial charge in [-0.3, -0.25) is 9.59 Å². The summed E-state index contributed by atoms with van der Waals surface area (Å²) in [4.78, 5) is 22.4. The Kier molecular flexibility index (Phi) is 3.40. The second-order valence-electron chi connectivity index (χ2n) is 3.71. The van der Waals surface area contributed by atoms with Crippen LogP contribution in [0.5, 0.6) is 0 Å². The number of pyridine rings is 1. The molecule has 0 atom stereocenters. The lowest BCUT2D eigenvalue weighted by molar-refractivity contribution is -0.683. The highest BCUT2D eigenvalue weighted by Crippen LogP contribution is 1.99. The maximum atomic E-state index is 11.9. The van der Waals surface area contributed by atoms with E-state index in [4.69, 9.17) is 0 Å². The van der Waals surface area contributed by atoms with Crippen molar-refractivity contribution >= 4 is 12.1 Å². The van der Waals surface area contributed by atoms with E-state index in [0.29, 0.717) is 11.1 Å². The van der Waals surface area contributed by atoms with Gasteiger partial charge in [0.05, 0.1) is 0 Å². The van der Waals surface area contributed by atoms with Gasteiger partial charge in [0, 0.05) is 23.3 Å². The molecule has 0 radical (unpaired) electrons. The molecule has 1 aromatic carbocycles. The molecular weight excluding hydrogens is 214 g/mol. The fourth-order valence-corrected chi connectivity index (χ4v) is 1.53. The smallest absolute Gasteiger partial charge is 0.227 e. The van der Waals surface area contributed by atoms with Crippen molar-refractivity contribution in [1.82, 2.24) is 0 Å². The van der Waals surface area contributed by atoms with Crippen LogP contribution in [0.15, 0.2) is 54.9 Å². The van der Waals surface area contributed by atoms with Crippen LogP contribution in [0.1, 0.15) is 20.7 Å². The summed E-state index contributed by atoms with van der Waals surface area (Å²) in [6.07, 6.45) is 4.23. The van der Waals surface area contributed by atoms with Gasteiger partial charge in [-0.15, -0.1) is 0 Å². The third-order valence-corrected chi connectivity index (χ3v) is 2.47. The fraction of sp³-hybridized carbons (Fsp3) is 0.0714. The van der Waals surface area contributed by atoms with Crippen LogP contribution in [0.25, 0.3) is 0 Å². The first kappa shape index (κ1) is 11.2. The van der Waals surface area contributed by atoms with Crippen LogP contribution in [-0.4, -0.2) is 12.1 Å². The molecule has 3 heteroatoms. The first-order valence-electron chi connectivity index (χ1n) is 5.32. The lowest BCUT2D eigenvalue weighted by Crippen LogP contribution is -2.37. The van der Waals surface area contributed by atoms with Gasteiger partial charge in [-0.25, -0.2) is 0 Å². The highest BCUT2D eigenvalue weighted by Gasteiger charge is 2.11. The number of aromatic nitrogens is 1. The largest absolute Gasteiger partial charge is 0.298 e. The summed E-state index contributed by atoms with van der Waals surface area (Å²) in [5, 5.41) is 0. The Labute approximate surface area is 99.3 Å². The average molecular weight is 226 g/mol. The molecular formula is C14H12NO2+. The van der Waals surface area contributed by atoms with Crippen LogP contribution < -0.4 is 4.57 Å². The number of carbonyl (C=O) groups is 2. The SMILES string of the molecule is O=Cc1cc[n+](CC(=O)c2ccccc2)cc1. The van der Waals surface area contributed by atoms with E-state index in [9.17, 15) is 9.59 Å². The normalized spacial score (nSPS) is 9.88. The monoisotopic (exact) mass is 226 g/mol. The summed E-state index contributed by atoms with van der Waals surface area (Å²) < 4.78 is 1.75. The average Bonchev–Trinajstić information content (AvgIpc) is 2.40. The highest BCUT2D eigenvalue weighted by atomic mass is 16.1. The maximum Gasteiger partial charge on any atom is 0.227 e. The van der Waals surface area contributed by atoms with Gasteiger partial charge in [-0.2, -0.15) is 4.57 Å². The second kappa shape index (κ2) is 5.16. The number of aldehydes is 1. The van der Waals surface area contributed by atoms with Gasteiger partial charge in [-0.1, -0.05) is 30.3 Å². The number of nitrogens with zero attached hydrogens (tertiary/aromatic N) is 1. The van der Waals surface area contributed by atoms with E-state index in [2.05, 4.69) is 0 Å². The predicted molar refractivity (Wildman–Crippen MR) is 62.8 cm³/mol. The van der Waals surface area contributed by atoms with Gasteiger partial charge in [-0.05, 0) is 0 Å². The molecule has 0 amide bonds. The molecule has 0 saturated heterocycles. The molecule has 0 unspecified atom stereocenters. The van der Waals surface area contributed by atoms with E-state index in [-0.39, 0.29) is 12.3 Å². The summed E-state index contributed by atoms with van der Waals surface area (Å²) in [6, 6.07) is 12.5. The number of benzene rings is 1. The third-order valence-electron chi connectivity index (χ3n) is 2.47. The van der Waals surface area contributed by atoms with Gasteiger partial charge in [0.2, 0.25) is 12.3 Å². The summed E-state index contributed by atoms with van der Waals surface area (Å²) >= 11 is 0. The predicted octanol–water partition coefficient (Wildman–Crippen LogP) is 1.67. The van der Waals surface area contributed by atoms with E-state index >= 15 is 0 Å². The molecule has 0 aliphatic rings. The number of rotatable bonds is 4. The van der Waals surface area contributed by atoms with Crippen molar-refractivity contribution in [2.75, 3.05) is 0 Å². The fourth-order valence-electron chi connectivity index (χ4n) is 1.53. The van der Waals surface area contributed by atoms with Crippen molar-refractivity contribution in [3.05, 3.63) is 66.0 Å². The zero-order valence-electron chi connectivity index (χ0n) is 9.24. The quantitative estimate of drug-likeness (QED) is 0.452. The number of carbonyl (C=O) groups excluding carboxylic acids is 2. The van der Waals surface area contributed by atoms with Crippen molar-refractivity contribution in [2.45, 2.75) is 6.54 Å². The summed E-state index contributed by atoms with van der Waals surface area (Å²) in [7, 11) is 0. The Balaban J connectivity index is 2.10. The zero-order valence-corrected chi connectivity index (χ0v) is 9.24. The first-order chi connectivity index (χ1) is 8.29. The molecule has 2 aromatic rings. The molecule has 0 fully saturated rings. The minimum Gasteiger partial charge on any atom is -0.298 e. The summed E-state index contributed by atoms with van der Waals surface area (Å²) in [5.74, 6) is 0.0504. The van der Waals surface area contributed by atoms with Crippen molar-refractivity contribution in [3.63, 3.8) is 0 Å². The molecule has 1 heterocycles. The molecule has 0 aliphatic heterocycles. The summed E-state index contributed by atoms with van der Waals surface area (Å²) in [5.41, 5.74) is 1.30. The van der Waals surface area contributed by atoms with Crippen molar-refractivity contribution in [2.24, 2.45) is 0 Å². The van der Waals surface area contributed by atoms with E-state index in [1.165, 1.54) is 0 Å². The van der Waals surface area contributed by atoms with E-state index in [1.807, 2.05) is 18.2 Å². The topological polar surface area (TPSA) is 38.0 Å². The Hall–Kier alpha value is -2.29. The molecule has 0 aliphatic carbocycles. The number of ketones is 1. The Bertz CT molecular complexity index is 518. The van der Waals surface area contributed by atoms with Crippen LogP contribution in [0, 0.1) is 0 Å². The number of hydrogen-bond donors (Lipinski definition) is 0. The maximum absolute atomic E-state index is 11.9. The minimum absolute atomic E-state index is 0.0504. The van der Waals surface area contributed by atoms with Crippen molar-refractivity contribution in [3.8, 4) is 0 Å². The molecule has 0 saturated carbocycles. The number of hydrogen-bond acceptors (Lipinski definition) is 2. The van der Waals surface area contributed by atoms with Gasteiger partial charge >= 0.3 is 0 Å². The van der Waals surface area contributed by atoms with Gasteiger partial charge in [0.1, 0.15) is 0 Å². The van der Waals surface area contributed by atoms with Gasteiger partial charge < -0.3 is 0 Å². The Morgan fingerprint density at radius 2 is 1.71 bits per heavy atom. The third kappa shape index (κ3) is 2.84. The standard InChI is InChI=1S/C14H12NO2/c16-11-12-6-8-15(9-7-12)10-14(17)13-4-2-1-3-5-13/h1-9,11H,10H2/q+1. The van der Waals surface area contributed by atoms with E-state index in [0.717, 1.165) is 6.29 Å². The molecule has 3 nitrogen and oxygen atoms in total. The molecule has 84 valence electrons. The minimum atomic E-state index is 0.0504. The van der Waals surface area contributed by atoms with E-state index < -0.39 is 0 Å². The lowest BCUT2D eigenvalue weighted by Gasteiger charge is -1.97. The molecule has 17 heavy (non-hydrogen) atoms. The van der Waals surface area contributed by atoms with Crippen molar-refractivity contribution < 1.29 is 14.2 Å². The first-order valence-corrected chi connectivity index (χ1v) is 5.32. The summed E-state index contributed by atoms with van der Waals surface area (Å²) in [6.45, 7) is 0.281. The van der Waals surface area contributed by atoms with Crippen LogP contribution in [-0.2, 0) is 6.54 Å². The second-order valence-corrected chi connectivity index (χ2v) is 3.71. The molecule has 0 bridgehead atoms. The Morgan fingerprint density at radius 1 is 1.06 bits per heavy atom. The van der Waals surface area contributed by atoms with Crippen LogP contribution in [0.4, 0.5) is 0 Å². The highest BCUT2D eigenvalue weighted by molar-refractivity contribution is 5.94. The molecule has 2 rings (SSSR count). The van der Waals surface area contributed by atoms with Crippen LogP contribution in [0.2, 0.25) is 0 Å². The molecule has 0 spiro atoms. The number of Topliss-reactive ketones (excluding diaryl/α,β-unsaturated/α-hetero) is 1. The molecule has 1 aromatic heterocycles.